The van der Waals surface area contributed by atoms with E-state index in [1.807, 2.05) is 0 Å². The SMILES string of the molecule is NC(=O)C1=C(O)C2(O)C(=O)C3=C(O)c4c(O)c(N)cc(-c5ccoc5)c4CC3CC2CC1=O. The third-order valence-corrected chi connectivity index (χ3v) is 6.93. The maximum Gasteiger partial charge on any atom is 0.255 e. The second kappa shape index (κ2) is 6.72. The summed E-state index contributed by atoms with van der Waals surface area (Å²) in [5.74, 6) is -6.86. The first-order chi connectivity index (χ1) is 15.6. The molecule has 3 aliphatic rings. The van der Waals surface area contributed by atoms with Crippen LogP contribution in [0.5, 0.6) is 5.75 Å². The first-order valence-corrected chi connectivity index (χ1v) is 10.2. The van der Waals surface area contributed by atoms with Crippen molar-refractivity contribution in [3.05, 3.63) is 52.7 Å². The molecule has 3 unspecified atom stereocenters. The largest absolute Gasteiger partial charge is 0.508 e. The van der Waals surface area contributed by atoms with Crippen LogP contribution < -0.4 is 11.5 Å². The number of ketones is 2. The molecule has 5 rings (SSSR count). The van der Waals surface area contributed by atoms with E-state index in [0.29, 0.717) is 16.7 Å². The lowest BCUT2D eigenvalue weighted by molar-refractivity contribution is -0.147. The molecule has 1 heterocycles. The highest BCUT2D eigenvalue weighted by molar-refractivity contribution is 6.22. The highest BCUT2D eigenvalue weighted by Crippen LogP contribution is 2.53. The quantitative estimate of drug-likeness (QED) is 0.221. The van der Waals surface area contributed by atoms with E-state index in [9.17, 15) is 34.8 Å². The second-order valence-corrected chi connectivity index (χ2v) is 8.63. The van der Waals surface area contributed by atoms with E-state index in [4.69, 9.17) is 15.9 Å². The van der Waals surface area contributed by atoms with Crippen LogP contribution in [0, 0.1) is 11.8 Å². The van der Waals surface area contributed by atoms with E-state index in [1.54, 1.807) is 6.07 Å². The molecule has 0 saturated heterocycles. The Balaban J connectivity index is 1.74. The predicted octanol–water partition coefficient (Wildman–Crippen LogP) is 1.27. The van der Waals surface area contributed by atoms with Gasteiger partial charge in [0.05, 0.1) is 23.8 Å². The summed E-state index contributed by atoms with van der Waals surface area (Å²) in [4.78, 5) is 37.6. The van der Waals surface area contributed by atoms with Crippen molar-refractivity contribution in [3.8, 4) is 16.9 Å². The molecule has 1 aromatic heterocycles. The summed E-state index contributed by atoms with van der Waals surface area (Å²) < 4.78 is 5.14. The number of amides is 1. The molecular weight excluding hydrogens is 432 g/mol. The molecule has 2 aromatic rings. The Labute approximate surface area is 186 Å². The van der Waals surface area contributed by atoms with Gasteiger partial charge in [0.1, 0.15) is 22.8 Å². The number of benzene rings is 1. The lowest BCUT2D eigenvalue weighted by Crippen LogP contribution is -2.58. The molecule has 3 aliphatic carbocycles. The number of carbonyl (C=O) groups is 3. The van der Waals surface area contributed by atoms with Crippen molar-refractivity contribution in [2.75, 3.05) is 5.73 Å². The van der Waals surface area contributed by atoms with Gasteiger partial charge in [-0.25, -0.2) is 0 Å². The van der Waals surface area contributed by atoms with Crippen LogP contribution in [-0.2, 0) is 20.8 Å². The van der Waals surface area contributed by atoms with Gasteiger partial charge in [-0.2, -0.15) is 0 Å². The molecular formula is C23H20N2O8. The third-order valence-electron chi connectivity index (χ3n) is 6.93. The number of primary amides is 1. The highest BCUT2D eigenvalue weighted by atomic mass is 16.3. The van der Waals surface area contributed by atoms with Crippen LogP contribution in [0.1, 0.15) is 24.0 Å². The number of phenols is 1. The summed E-state index contributed by atoms with van der Waals surface area (Å²) >= 11 is 0. The average Bonchev–Trinajstić information content (AvgIpc) is 3.27. The maximum atomic E-state index is 13.5. The molecule has 0 radical (unpaired) electrons. The predicted molar refractivity (Wildman–Crippen MR) is 114 cm³/mol. The molecule has 1 saturated carbocycles. The number of Topliss-reactive ketones (excluding diaryl/α,β-unsaturated/α-hetero) is 2. The van der Waals surface area contributed by atoms with E-state index in [1.165, 1.54) is 18.6 Å². The van der Waals surface area contributed by atoms with Gasteiger partial charge in [0.25, 0.3) is 5.91 Å². The normalized spacial score (nSPS) is 26.7. The number of aliphatic hydroxyl groups is 3. The summed E-state index contributed by atoms with van der Waals surface area (Å²) in [6.07, 6.45) is 2.80. The van der Waals surface area contributed by atoms with E-state index in [-0.39, 0.29) is 36.1 Å². The van der Waals surface area contributed by atoms with Crippen LogP contribution in [-0.4, -0.2) is 43.5 Å². The summed E-state index contributed by atoms with van der Waals surface area (Å²) in [5, 5.41) is 43.6. The third kappa shape index (κ3) is 2.61. The number of hydrogen-bond donors (Lipinski definition) is 6. The molecule has 1 fully saturated rings. The smallest absolute Gasteiger partial charge is 0.255 e. The fraction of sp³-hybridized carbons (Fsp3) is 0.261. The second-order valence-electron chi connectivity index (χ2n) is 8.63. The molecule has 33 heavy (non-hydrogen) atoms. The Hall–Kier alpha value is -4.05. The van der Waals surface area contributed by atoms with Crippen molar-refractivity contribution in [1.29, 1.82) is 0 Å². The molecule has 1 aromatic carbocycles. The van der Waals surface area contributed by atoms with Gasteiger partial charge in [-0.15, -0.1) is 0 Å². The number of anilines is 1. The number of aromatic hydroxyl groups is 1. The van der Waals surface area contributed by atoms with Crippen LogP contribution in [0.3, 0.4) is 0 Å². The fourth-order valence-corrected chi connectivity index (χ4v) is 5.39. The topological polar surface area (TPSA) is 197 Å². The Morgan fingerprint density at radius 1 is 1.18 bits per heavy atom. The van der Waals surface area contributed by atoms with Gasteiger partial charge < -0.3 is 36.3 Å². The van der Waals surface area contributed by atoms with E-state index in [0.717, 1.165) is 0 Å². The number of aliphatic hydroxyl groups excluding tert-OH is 2. The van der Waals surface area contributed by atoms with Gasteiger partial charge >= 0.3 is 0 Å². The van der Waals surface area contributed by atoms with Gasteiger partial charge in [0.2, 0.25) is 5.78 Å². The maximum absolute atomic E-state index is 13.5. The number of carbonyl (C=O) groups excluding carboxylic acids is 3. The van der Waals surface area contributed by atoms with Crippen molar-refractivity contribution in [1.82, 2.24) is 0 Å². The first-order valence-electron chi connectivity index (χ1n) is 10.2. The van der Waals surface area contributed by atoms with Gasteiger partial charge in [-0.05, 0) is 42.0 Å². The summed E-state index contributed by atoms with van der Waals surface area (Å²) in [5.41, 5.74) is 9.14. The van der Waals surface area contributed by atoms with Crippen LogP contribution in [0.15, 0.2) is 46.0 Å². The van der Waals surface area contributed by atoms with Crippen LogP contribution >= 0.6 is 0 Å². The molecule has 8 N–H and O–H groups in total. The Morgan fingerprint density at radius 2 is 1.91 bits per heavy atom. The molecule has 10 nitrogen and oxygen atoms in total. The first kappa shape index (κ1) is 20.8. The zero-order valence-corrected chi connectivity index (χ0v) is 17.2. The molecule has 0 spiro atoms. The number of hydrogen-bond acceptors (Lipinski definition) is 9. The number of furan rings is 1. The Morgan fingerprint density at radius 3 is 2.55 bits per heavy atom. The Kier molecular flexibility index (Phi) is 4.24. The van der Waals surface area contributed by atoms with Crippen molar-refractivity contribution in [2.45, 2.75) is 24.9 Å². The van der Waals surface area contributed by atoms with E-state index >= 15 is 0 Å². The minimum Gasteiger partial charge on any atom is -0.508 e. The number of nitrogen functional groups attached to an aromatic ring is 1. The van der Waals surface area contributed by atoms with E-state index in [2.05, 4.69) is 0 Å². The lowest BCUT2D eigenvalue weighted by Gasteiger charge is -2.46. The average molecular weight is 452 g/mol. The minimum absolute atomic E-state index is 0.0441. The number of phenolic OH excluding ortho intramolecular Hbond substituents is 1. The van der Waals surface area contributed by atoms with Crippen molar-refractivity contribution in [2.24, 2.45) is 17.6 Å². The van der Waals surface area contributed by atoms with Crippen LogP contribution in [0.4, 0.5) is 5.69 Å². The molecule has 10 heteroatoms. The number of nitrogens with two attached hydrogens (primary N) is 2. The van der Waals surface area contributed by atoms with Crippen molar-refractivity contribution >= 4 is 28.9 Å². The Bertz CT molecular complexity index is 1320. The zero-order valence-electron chi connectivity index (χ0n) is 17.2. The lowest BCUT2D eigenvalue weighted by atomic mass is 9.59. The van der Waals surface area contributed by atoms with Gasteiger partial charge in [0.15, 0.2) is 11.4 Å². The number of rotatable bonds is 2. The monoisotopic (exact) mass is 452 g/mol. The standard InChI is InChI=1S/C23H20N2O8/c24-13-6-11(8-1-2-33-7-8)12-4-9-3-10-5-14(26)17(22(25)31)21(30)23(10,32)20(29)15(9)19(28)16(12)18(13)27/h1-2,6-7,9-10,27-28,30,32H,3-5,24H2,(H2,25,31). The summed E-state index contributed by atoms with van der Waals surface area (Å²) in [7, 11) is 0. The fourth-order valence-electron chi connectivity index (χ4n) is 5.39. The molecule has 0 bridgehead atoms. The zero-order chi connectivity index (χ0) is 23.8. The molecule has 3 atom stereocenters. The summed E-state index contributed by atoms with van der Waals surface area (Å²) in [6.45, 7) is 0. The van der Waals surface area contributed by atoms with Crippen LogP contribution in [0.2, 0.25) is 0 Å². The molecule has 1 amide bonds. The van der Waals surface area contributed by atoms with Gasteiger partial charge in [0, 0.05) is 23.5 Å². The van der Waals surface area contributed by atoms with Gasteiger partial charge in [-0.1, -0.05) is 0 Å². The summed E-state index contributed by atoms with van der Waals surface area (Å²) in [6, 6.07) is 3.22. The number of fused-ring (bicyclic) bond motifs is 3. The molecule has 170 valence electrons. The molecule has 0 aliphatic heterocycles. The van der Waals surface area contributed by atoms with Crippen molar-refractivity contribution in [3.63, 3.8) is 0 Å². The minimum atomic E-state index is -2.60. The highest BCUT2D eigenvalue weighted by Gasteiger charge is 2.60. The van der Waals surface area contributed by atoms with Crippen molar-refractivity contribution < 1.29 is 39.2 Å². The van der Waals surface area contributed by atoms with Crippen LogP contribution in [0.25, 0.3) is 16.9 Å². The van der Waals surface area contributed by atoms with Gasteiger partial charge in [-0.3, -0.25) is 14.4 Å². The van der Waals surface area contributed by atoms with E-state index < -0.39 is 57.8 Å².